The third kappa shape index (κ3) is 3.06. The molecule has 6 nitrogen and oxygen atoms in total. The normalized spacial score (nSPS) is 10.6. The maximum absolute atomic E-state index is 13.4. The van der Waals surface area contributed by atoms with Gasteiger partial charge in [0.1, 0.15) is 0 Å². The van der Waals surface area contributed by atoms with Crippen molar-refractivity contribution < 1.29 is 13.6 Å². The van der Waals surface area contributed by atoms with Crippen molar-refractivity contribution in [3.63, 3.8) is 0 Å². The molecule has 1 amide bonds. The molecule has 3 aromatic rings. The first-order chi connectivity index (χ1) is 11.5. The van der Waals surface area contributed by atoms with E-state index in [1.165, 1.54) is 29.8 Å². The van der Waals surface area contributed by atoms with Crippen LogP contribution in [0.2, 0.25) is 0 Å². The number of aromatic nitrogens is 3. The summed E-state index contributed by atoms with van der Waals surface area (Å²) in [6.07, 6.45) is 2.73. The van der Waals surface area contributed by atoms with E-state index in [0.717, 1.165) is 17.0 Å². The van der Waals surface area contributed by atoms with Crippen LogP contribution in [0.5, 0.6) is 0 Å². The van der Waals surface area contributed by atoms with Crippen molar-refractivity contribution in [2.75, 3.05) is 11.1 Å². The SMILES string of the molecule is Cc1sc(NC(=O)c2nccnc2N)nc1-c1ccc(F)c(F)c1. The van der Waals surface area contributed by atoms with E-state index in [4.69, 9.17) is 5.73 Å². The number of nitrogens with zero attached hydrogens (tertiary/aromatic N) is 3. The molecular formula is C15H11F2N5OS. The molecule has 3 N–H and O–H groups in total. The Morgan fingerprint density at radius 3 is 2.67 bits per heavy atom. The van der Waals surface area contributed by atoms with Crippen LogP contribution < -0.4 is 11.1 Å². The summed E-state index contributed by atoms with van der Waals surface area (Å²) in [5, 5.41) is 2.87. The molecule has 2 heterocycles. The van der Waals surface area contributed by atoms with Crippen LogP contribution in [0.4, 0.5) is 19.7 Å². The first-order valence-electron chi connectivity index (χ1n) is 6.76. The van der Waals surface area contributed by atoms with E-state index >= 15 is 0 Å². The Morgan fingerprint density at radius 2 is 1.96 bits per heavy atom. The predicted molar refractivity (Wildman–Crippen MR) is 86.6 cm³/mol. The molecule has 24 heavy (non-hydrogen) atoms. The number of benzene rings is 1. The Hall–Kier alpha value is -2.94. The minimum atomic E-state index is -0.960. The van der Waals surface area contributed by atoms with Crippen LogP contribution >= 0.6 is 11.3 Å². The van der Waals surface area contributed by atoms with Gasteiger partial charge < -0.3 is 5.73 Å². The average Bonchev–Trinajstić information content (AvgIpc) is 2.91. The fourth-order valence-corrected chi connectivity index (χ4v) is 2.87. The number of aryl methyl sites for hydroxylation is 1. The average molecular weight is 347 g/mol. The quantitative estimate of drug-likeness (QED) is 0.759. The maximum atomic E-state index is 13.4. The third-order valence-corrected chi connectivity index (χ3v) is 4.04. The molecule has 0 atom stereocenters. The molecule has 0 radical (unpaired) electrons. The molecular weight excluding hydrogens is 336 g/mol. The number of hydrogen-bond acceptors (Lipinski definition) is 6. The van der Waals surface area contributed by atoms with E-state index in [1.807, 2.05) is 0 Å². The van der Waals surface area contributed by atoms with Crippen molar-refractivity contribution in [2.24, 2.45) is 0 Å². The second kappa shape index (κ2) is 6.28. The number of amides is 1. The van der Waals surface area contributed by atoms with Crippen molar-refractivity contribution in [1.29, 1.82) is 0 Å². The lowest BCUT2D eigenvalue weighted by molar-refractivity contribution is 0.102. The topological polar surface area (TPSA) is 93.8 Å². The first kappa shape index (κ1) is 15.9. The number of nitrogens with one attached hydrogen (secondary N) is 1. The van der Waals surface area contributed by atoms with Gasteiger partial charge in [-0.3, -0.25) is 10.1 Å². The van der Waals surface area contributed by atoms with E-state index in [9.17, 15) is 13.6 Å². The zero-order chi connectivity index (χ0) is 17.3. The summed E-state index contributed by atoms with van der Waals surface area (Å²) in [6, 6.07) is 3.51. The molecule has 9 heteroatoms. The van der Waals surface area contributed by atoms with E-state index in [1.54, 1.807) is 6.92 Å². The van der Waals surface area contributed by atoms with Crippen molar-refractivity contribution in [3.8, 4) is 11.3 Å². The molecule has 0 unspecified atom stereocenters. The Kier molecular flexibility index (Phi) is 4.17. The van der Waals surface area contributed by atoms with Crippen molar-refractivity contribution >= 4 is 28.2 Å². The molecule has 0 bridgehead atoms. The van der Waals surface area contributed by atoms with Crippen LogP contribution in [0, 0.1) is 18.6 Å². The number of hydrogen-bond donors (Lipinski definition) is 2. The van der Waals surface area contributed by atoms with E-state index in [-0.39, 0.29) is 11.5 Å². The van der Waals surface area contributed by atoms with Crippen LogP contribution in [0.3, 0.4) is 0 Å². The number of halogens is 2. The molecule has 3 rings (SSSR count). The highest BCUT2D eigenvalue weighted by Crippen LogP contribution is 2.31. The fraction of sp³-hybridized carbons (Fsp3) is 0.0667. The van der Waals surface area contributed by atoms with E-state index < -0.39 is 17.5 Å². The minimum absolute atomic E-state index is 0.00380. The van der Waals surface area contributed by atoms with Crippen LogP contribution in [0.25, 0.3) is 11.3 Å². The number of carbonyl (C=O) groups excluding carboxylic acids is 1. The van der Waals surface area contributed by atoms with Crippen molar-refractivity contribution in [1.82, 2.24) is 15.0 Å². The molecule has 0 saturated heterocycles. The first-order valence-corrected chi connectivity index (χ1v) is 7.58. The predicted octanol–water partition coefficient (Wildman–Crippen LogP) is 3.02. The van der Waals surface area contributed by atoms with Gasteiger partial charge in [0.25, 0.3) is 5.91 Å². The Labute approximate surface area is 139 Å². The van der Waals surface area contributed by atoms with Crippen molar-refractivity contribution in [3.05, 3.63) is 52.8 Å². The molecule has 122 valence electrons. The Bertz CT molecular complexity index is 928. The molecule has 0 aliphatic heterocycles. The van der Waals surface area contributed by atoms with Gasteiger partial charge in [-0.15, -0.1) is 11.3 Å². The number of nitrogen functional groups attached to an aromatic ring is 1. The summed E-state index contributed by atoms with van der Waals surface area (Å²) >= 11 is 1.20. The lowest BCUT2D eigenvalue weighted by Gasteiger charge is -2.02. The molecule has 0 fully saturated rings. The van der Waals surface area contributed by atoms with Gasteiger partial charge in [-0.25, -0.2) is 23.7 Å². The standard InChI is InChI=1S/C15H11F2N5OS/c1-7-11(8-2-3-9(16)10(17)6-8)21-15(24-7)22-14(23)12-13(18)20-5-4-19-12/h2-6H,1H3,(H2,18,20)(H,21,22,23). The summed E-state index contributed by atoms with van der Waals surface area (Å²) in [7, 11) is 0. The number of thiazole rings is 1. The van der Waals surface area contributed by atoms with Crippen LogP contribution in [-0.4, -0.2) is 20.9 Å². The van der Waals surface area contributed by atoms with E-state index in [2.05, 4.69) is 20.3 Å². The van der Waals surface area contributed by atoms with Gasteiger partial charge in [0, 0.05) is 22.8 Å². The van der Waals surface area contributed by atoms with Gasteiger partial charge in [0.2, 0.25) is 0 Å². The van der Waals surface area contributed by atoms with Gasteiger partial charge in [0.05, 0.1) is 5.69 Å². The Morgan fingerprint density at radius 1 is 1.21 bits per heavy atom. The zero-order valence-corrected chi connectivity index (χ0v) is 13.2. The fourth-order valence-electron chi connectivity index (χ4n) is 2.04. The van der Waals surface area contributed by atoms with Crippen molar-refractivity contribution in [2.45, 2.75) is 6.92 Å². The number of rotatable bonds is 3. The second-order valence-electron chi connectivity index (χ2n) is 4.80. The number of carbonyl (C=O) groups is 1. The van der Waals surface area contributed by atoms with Gasteiger partial charge in [-0.05, 0) is 25.1 Å². The number of anilines is 2. The maximum Gasteiger partial charge on any atom is 0.279 e. The molecule has 0 spiro atoms. The lowest BCUT2D eigenvalue weighted by atomic mass is 10.1. The zero-order valence-electron chi connectivity index (χ0n) is 12.4. The monoisotopic (exact) mass is 347 g/mol. The molecule has 1 aromatic carbocycles. The summed E-state index contributed by atoms with van der Waals surface area (Å²) in [5.41, 5.74) is 6.47. The molecule has 0 aliphatic carbocycles. The van der Waals surface area contributed by atoms with E-state index in [0.29, 0.717) is 16.4 Å². The van der Waals surface area contributed by atoms with Crippen LogP contribution in [0.1, 0.15) is 15.4 Å². The third-order valence-electron chi connectivity index (χ3n) is 3.15. The molecule has 2 aromatic heterocycles. The largest absolute Gasteiger partial charge is 0.382 e. The van der Waals surface area contributed by atoms with Crippen LogP contribution in [-0.2, 0) is 0 Å². The van der Waals surface area contributed by atoms with Gasteiger partial charge in [-0.1, -0.05) is 0 Å². The molecule has 0 saturated carbocycles. The van der Waals surface area contributed by atoms with Crippen LogP contribution in [0.15, 0.2) is 30.6 Å². The number of nitrogens with two attached hydrogens (primary N) is 1. The second-order valence-corrected chi connectivity index (χ2v) is 6.00. The highest BCUT2D eigenvalue weighted by Gasteiger charge is 2.17. The lowest BCUT2D eigenvalue weighted by Crippen LogP contribution is -2.16. The van der Waals surface area contributed by atoms with Gasteiger partial charge in [-0.2, -0.15) is 0 Å². The highest BCUT2D eigenvalue weighted by molar-refractivity contribution is 7.16. The summed E-state index contributed by atoms with van der Waals surface area (Å²) in [4.78, 5) is 24.8. The van der Waals surface area contributed by atoms with Gasteiger partial charge in [0.15, 0.2) is 28.3 Å². The minimum Gasteiger partial charge on any atom is -0.382 e. The molecule has 0 aliphatic rings. The summed E-state index contributed by atoms with van der Waals surface area (Å²) in [6.45, 7) is 1.76. The summed E-state index contributed by atoms with van der Waals surface area (Å²) < 4.78 is 26.4. The Balaban J connectivity index is 1.88. The van der Waals surface area contributed by atoms with Gasteiger partial charge >= 0.3 is 0 Å². The smallest absolute Gasteiger partial charge is 0.279 e. The summed E-state index contributed by atoms with van der Waals surface area (Å²) in [5.74, 6) is -2.44. The highest BCUT2D eigenvalue weighted by atomic mass is 32.1.